The normalized spacial score (nSPS) is 11.7. The number of hydrogen-bond acceptors (Lipinski definition) is 4. The van der Waals surface area contributed by atoms with Crippen molar-refractivity contribution in [1.82, 2.24) is 5.32 Å². The van der Waals surface area contributed by atoms with Crippen LogP contribution in [-0.4, -0.2) is 28.9 Å². The van der Waals surface area contributed by atoms with Crippen molar-refractivity contribution in [2.24, 2.45) is 0 Å². The molecule has 1 heterocycles. The van der Waals surface area contributed by atoms with Gasteiger partial charge in [-0.15, -0.1) is 11.3 Å². The first-order valence-electron chi connectivity index (χ1n) is 6.32. The molecule has 0 fully saturated rings. The Morgan fingerprint density at radius 2 is 2.05 bits per heavy atom. The number of carbonyl (C=O) groups excluding carboxylic acids is 2. The highest BCUT2D eigenvalue weighted by atomic mass is 32.1. The summed E-state index contributed by atoms with van der Waals surface area (Å²) < 4.78 is 0. The van der Waals surface area contributed by atoms with Gasteiger partial charge < -0.3 is 15.7 Å². The van der Waals surface area contributed by atoms with Crippen LogP contribution in [0.3, 0.4) is 0 Å². The second kappa shape index (κ2) is 7.64. The zero-order valence-corrected chi connectivity index (χ0v) is 12.3. The van der Waals surface area contributed by atoms with Crippen LogP contribution in [0.25, 0.3) is 0 Å². The van der Waals surface area contributed by atoms with Gasteiger partial charge in [0.2, 0.25) is 5.91 Å². The van der Waals surface area contributed by atoms with Gasteiger partial charge in [-0.1, -0.05) is 13.3 Å². The zero-order valence-electron chi connectivity index (χ0n) is 11.4. The summed E-state index contributed by atoms with van der Waals surface area (Å²) in [6, 6.07) is 2.87. The Morgan fingerprint density at radius 1 is 1.35 bits per heavy atom. The highest BCUT2D eigenvalue weighted by Gasteiger charge is 2.17. The van der Waals surface area contributed by atoms with Crippen molar-refractivity contribution >= 4 is 34.1 Å². The molecule has 7 heteroatoms. The number of carboxylic acid groups (broad SMARTS) is 1. The second-order valence-corrected chi connectivity index (χ2v) is 5.49. The van der Waals surface area contributed by atoms with Gasteiger partial charge in [-0.25, -0.2) is 0 Å². The molecule has 0 spiro atoms. The van der Waals surface area contributed by atoms with E-state index < -0.39 is 5.97 Å². The van der Waals surface area contributed by atoms with Crippen LogP contribution in [-0.2, 0) is 9.59 Å². The summed E-state index contributed by atoms with van der Waals surface area (Å²) in [7, 11) is 0. The highest BCUT2D eigenvalue weighted by Crippen LogP contribution is 2.22. The van der Waals surface area contributed by atoms with Gasteiger partial charge in [0.1, 0.15) is 0 Å². The maximum Gasteiger partial charge on any atom is 0.305 e. The number of hydrogen-bond donors (Lipinski definition) is 3. The van der Waals surface area contributed by atoms with Crippen molar-refractivity contribution in [3.63, 3.8) is 0 Å². The molecule has 0 bridgehead atoms. The fraction of sp³-hybridized carbons (Fsp3) is 0.462. The number of anilines is 1. The molecule has 0 aliphatic rings. The van der Waals surface area contributed by atoms with Crippen LogP contribution in [0.15, 0.2) is 12.1 Å². The Hall–Kier alpha value is -1.89. The highest BCUT2D eigenvalue weighted by molar-refractivity contribution is 7.18. The zero-order chi connectivity index (χ0) is 15.1. The van der Waals surface area contributed by atoms with E-state index in [4.69, 9.17) is 5.11 Å². The Kier molecular flexibility index (Phi) is 6.17. The van der Waals surface area contributed by atoms with Gasteiger partial charge in [0.05, 0.1) is 16.3 Å². The lowest BCUT2D eigenvalue weighted by Gasteiger charge is -2.15. The van der Waals surface area contributed by atoms with Crippen LogP contribution < -0.4 is 10.6 Å². The molecular formula is C13H18N2O4S. The molecule has 0 saturated heterocycles. The SMILES string of the molecule is CCCC(CC(=O)O)NC(=O)c1ccc(NC(C)=O)s1. The molecule has 0 radical (unpaired) electrons. The van der Waals surface area contributed by atoms with Crippen molar-refractivity contribution < 1.29 is 19.5 Å². The molecule has 0 aliphatic carbocycles. The fourth-order valence-corrected chi connectivity index (χ4v) is 2.60. The number of rotatable bonds is 7. The first kappa shape index (κ1) is 16.2. The molecule has 6 nitrogen and oxygen atoms in total. The van der Waals surface area contributed by atoms with Crippen LogP contribution in [0.5, 0.6) is 0 Å². The molecule has 20 heavy (non-hydrogen) atoms. The lowest BCUT2D eigenvalue weighted by Crippen LogP contribution is -2.36. The molecule has 3 N–H and O–H groups in total. The van der Waals surface area contributed by atoms with Gasteiger partial charge in [-0.05, 0) is 18.6 Å². The molecule has 2 amide bonds. The van der Waals surface area contributed by atoms with E-state index in [1.165, 1.54) is 6.92 Å². The van der Waals surface area contributed by atoms with E-state index in [0.717, 1.165) is 17.8 Å². The Labute approximate surface area is 121 Å². The third kappa shape index (κ3) is 5.40. The van der Waals surface area contributed by atoms with Gasteiger partial charge in [0.25, 0.3) is 5.91 Å². The molecule has 1 unspecified atom stereocenters. The first-order valence-corrected chi connectivity index (χ1v) is 7.14. The van der Waals surface area contributed by atoms with Gasteiger partial charge >= 0.3 is 5.97 Å². The van der Waals surface area contributed by atoms with Crippen molar-refractivity contribution in [2.45, 2.75) is 39.2 Å². The number of amides is 2. The third-order valence-electron chi connectivity index (χ3n) is 2.52. The summed E-state index contributed by atoms with van der Waals surface area (Å²) in [5.41, 5.74) is 0. The lowest BCUT2D eigenvalue weighted by molar-refractivity contribution is -0.137. The quantitative estimate of drug-likeness (QED) is 0.718. The van der Waals surface area contributed by atoms with Gasteiger partial charge in [0.15, 0.2) is 0 Å². The van der Waals surface area contributed by atoms with Crippen LogP contribution in [0.2, 0.25) is 0 Å². The molecule has 0 saturated carbocycles. The minimum atomic E-state index is -0.936. The number of thiophene rings is 1. The smallest absolute Gasteiger partial charge is 0.305 e. The molecule has 0 aromatic carbocycles. The fourth-order valence-electron chi connectivity index (χ4n) is 1.74. The monoisotopic (exact) mass is 298 g/mol. The van der Waals surface area contributed by atoms with E-state index in [1.807, 2.05) is 6.92 Å². The van der Waals surface area contributed by atoms with Crippen LogP contribution in [0.4, 0.5) is 5.00 Å². The predicted octanol–water partition coefficient (Wildman–Crippen LogP) is 2.08. The van der Waals surface area contributed by atoms with Gasteiger partial charge in [0, 0.05) is 13.0 Å². The number of carbonyl (C=O) groups is 3. The summed E-state index contributed by atoms with van der Waals surface area (Å²) >= 11 is 1.16. The van der Waals surface area contributed by atoms with Gasteiger partial charge in [-0.2, -0.15) is 0 Å². The van der Waals surface area contributed by atoms with Crippen molar-refractivity contribution in [2.75, 3.05) is 5.32 Å². The number of carboxylic acids is 1. The number of nitrogens with one attached hydrogen (secondary N) is 2. The minimum absolute atomic E-state index is 0.0937. The second-order valence-electron chi connectivity index (χ2n) is 4.40. The van der Waals surface area contributed by atoms with Crippen molar-refractivity contribution in [1.29, 1.82) is 0 Å². The predicted molar refractivity (Wildman–Crippen MR) is 77.0 cm³/mol. The van der Waals surface area contributed by atoms with Crippen LogP contribution in [0, 0.1) is 0 Å². The summed E-state index contributed by atoms with van der Waals surface area (Å²) in [5.74, 6) is -1.45. The molecule has 1 atom stereocenters. The summed E-state index contributed by atoms with van der Waals surface area (Å²) in [6.45, 7) is 3.32. The van der Waals surface area contributed by atoms with E-state index in [2.05, 4.69) is 10.6 Å². The molecule has 0 aliphatic heterocycles. The molecular weight excluding hydrogens is 280 g/mol. The standard InChI is InChI=1S/C13H18N2O4S/c1-3-4-9(7-12(17)18)15-13(19)10-5-6-11(20-10)14-8(2)16/h5-6,9H,3-4,7H2,1-2H3,(H,14,16)(H,15,19)(H,17,18). The molecule has 110 valence electrons. The van der Waals surface area contributed by atoms with E-state index in [1.54, 1.807) is 12.1 Å². The largest absolute Gasteiger partial charge is 0.481 e. The molecule has 1 aromatic heterocycles. The Bertz CT molecular complexity index is 498. The van der Waals surface area contributed by atoms with E-state index in [0.29, 0.717) is 16.3 Å². The third-order valence-corrected chi connectivity index (χ3v) is 3.52. The topological polar surface area (TPSA) is 95.5 Å². The summed E-state index contributed by atoms with van der Waals surface area (Å²) in [6.07, 6.45) is 1.31. The van der Waals surface area contributed by atoms with E-state index in [-0.39, 0.29) is 24.3 Å². The molecule has 1 rings (SSSR count). The molecule has 1 aromatic rings. The van der Waals surface area contributed by atoms with Crippen LogP contribution in [0.1, 0.15) is 42.8 Å². The number of aliphatic carboxylic acids is 1. The maximum absolute atomic E-state index is 12.0. The average Bonchev–Trinajstić information content (AvgIpc) is 2.76. The van der Waals surface area contributed by atoms with E-state index in [9.17, 15) is 14.4 Å². The average molecular weight is 298 g/mol. The first-order chi connectivity index (χ1) is 9.42. The summed E-state index contributed by atoms with van der Waals surface area (Å²) in [5, 5.41) is 14.7. The van der Waals surface area contributed by atoms with Crippen molar-refractivity contribution in [3.8, 4) is 0 Å². The lowest BCUT2D eigenvalue weighted by atomic mass is 10.1. The minimum Gasteiger partial charge on any atom is -0.481 e. The maximum atomic E-state index is 12.0. The van der Waals surface area contributed by atoms with E-state index >= 15 is 0 Å². The van der Waals surface area contributed by atoms with Gasteiger partial charge in [-0.3, -0.25) is 14.4 Å². The summed E-state index contributed by atoms with van der Waals surface area (Å²) in [4.78, 5) is 34.1. The Balaban J connectivity index is 2.65. The van der Waals surface area contributed by atoms with Crippen LogP contribution >= 0.6 is 11.3 Å². The Morgan fingerprint density at radius 3 is 2.60 bits per heavy atom. The van der Waals surface area contributed by atoms with Crippen molar-refractivity contribution in [3.05, 3.63) is 17.0 Å².